The molecule has 49 heavy (non-hydrogen) atoms. The molecular weight excluding hydrogens is 599 g/mol. The maximum atomic E-state index is 6.53. The highest BCUT2D eigenvalue weighted by Crippen LogP contribution is 2.39. The zero-order chi connectivity index (χ0) is 32.3. The van der Waals surface area contributed by atoms with E-state index in [1.54, 1.807) is 0 Å². The Labute approximate surface area is 282 Å². The Balaban J connectivity index is 1.13. The number of rotatable bonds is 4. The van der Waals surface area contributed by atoms with Crippen molar-refractivity contribution in [3.8, 4) is 45.3 Å². The van der Waals surface area contributed by atoms with Crippen molar-refractivity contribution in [1.29, 1.82) is 0 Å². The molecule has 4 heteroatoms. The Morgan fingerprint density at radius 2 is 0.939 bits per heavy atom. The summed E-state index contributed by atoms with van der Waals surface area (Å²) < 4.78 is 6.53. The Kier molecular flexibility index (Phi) is 6.15. The number of hydrogen-bond donors (Lipinski definition) is 0. The Hall–Kier alpha value is -6.65. The third-order valence-corrected chi connectivity index (χ3v) is 9.49. The average molecular weight is 626 g/mol. The molecule has 0 aliphatic rings. The lowest BCUT2D eigenvalue weighted by Crippen LogP contribution is -2.00. The van der Waals surface area contributed by atoms with E-state index in [1.807, 2.05) is 42.5 Å². The number of benzene rings is 8. The molecule has 0 unspecified atom stereocenters. The van der Waals surface area contributed by atoms with Gasteiger partial charge in [-0.2, -0.15) is 0 Å². The van der Waals surface area contributed by atoms with Crippen molar-refractivity contribution in [2.75, 3.05) is 0 Å². The van der Waals surface area contributed by atoms with E-state index in [-0.39, 0.29) is 0 Å². The van der Waals surface area contributed by atoms with Crippen molar-refractivity contribution in [1.82, 2.24) is 15.0 Å². The zero-order valence-corrected chi connectivity index (χ0v) is 26.3. The van der Waals surface area contributed by atoms with Crippen LogP contribution in [-0.4, -0.2) is 15.0 Å². The Morgan fingerprint density at radius 3 is 1.82 bits per heavy atom. The van der Waals surface area contributed by atoms with Gasteiger partial charge in [-0.25, -0.2) is 15.0 Å². The highest BCUT2D eigenvalue weighted by molar-refractivity contribution is 6.13. The number of nitrogens with zero attached hydrogens (tertiary/aromatic N) is 3. The molecule has 0 fully saturated rings. The molecule has 8 aromatic carbocycles. The van der Waals surface area contributed by atoms with Gasteiger partial charge in [0.2, 0.25) is 0 Å². The third kappa shape index (κ3) is 4.65. The van der Waals surface area contributed by atoms with E-state index in [4.69, 9.17) is 19.4 Å². The molecule has 10 rings (SSSR count). The van der Waals surface area contributed by atoms with Gasteiger partial charge in [-0.05, 0) is 73.8 Å². The molecule has 0 spiro atoms. The topological polar surface area (TPSA) is 51.8 Å². The predicted molar refractivity (Wildman–Crippen MR) is 201 cm³/mol. The molecule has 0 amide bonds. The summed E-state index contributed by atoms with van der Waals surface area (Å²) in [6.07, 6.45) is 0. The van der Waals surface area contributed by atoms with Crippen LogP contribution < -0.4 is 0 Å². The minimum atomic E-state index is 0.608. The maximum absolute atomic E-state index is 6.53. The van der Waals surface area contributed by atoms with Crippen LogP contribution in [0, 0.1) is 0 Å². The highest BCUT2D eigenvalue weighted by Gasteiger charge is 2.18. The molecule has 2 heterocycles. The van der Waals surface area contributed by atoms with E-state index < -0.39 is 0 Å². The molecule has 0 bridgehead atoms. The van der Waals surface area contributed by atoms with Gasteiger partial charge >= 0.3 is 0 Å². The van der Waals surface area contributed by atoms with Gasteiger partial charge in [0.1, 0.15) is 11.2 Å². The molecule has 10 aromatic rings. The summed E-state index contributed by atoms with van der Waals surface area (Å²) in [5.74, 6) is 1.87. The van der Waals surface area contributed by atoms with Gasteiger partial charge in [0.15, 0.2) is 17.5 Å². The second-order valence-electron chi connectivity index (χ2n) is 12.4. The molecule has 0 atom stereocenters. The monoisotopic (exact) mass is 625 g/mol. The number of fused-ring (bicyclic) bond motifs is 7. The van der Waals surface area contributed by atoms with E-state index in [0.29, 0.717) is 17.5 Å². The molecule has 0 radical (unpaired) electrons. The second kappa shape index (κ2) is 11.0. The van der Waals surface area contributed by atoms with Crippen molar-refractivity contribution in [2.24, 2.45) is 0 Å². The van der Waals surface area contributed by atoms with E-state index in [1.165, 1.54) is 26.9 Å². The lowest BCUT2D eigenvalue weighted by atomic mass is 9.96. The van der Waals surface area contributed by atoms with Crippen molar-refractivity contribution in [3.63, 3.8) is 0 Å². The quantitative estimate of drug-likeness (QED) is 0.183. The van der Waals surface area contributed by atoms with Gasteiger partial charge in [-0.3, -0.25) is 0 Å². The van der Waals surface area contributed by atoms with Crippen LogP contribution in [0.4, 0.5) is 0 Å². The first kappa shape index (κ1) is 27.5. The fraction of sp³-hybridized carbons (Fsp3) is 0. The van der Waals surface area contributed by atoms with E-state index in [0.717, 1.165) is 55.1 Å². The van der Waals surface area contributed by atoms with Gasteiger partial charge in [0.25, 0.3) is 0 Å². The number of hydrogen-bond acceptors (Lipinski definition) is 4. The molecule has 0 N–H and O–H groups in total. The number of furan rings is 1. The smallest absolute Gasteiger partial charge is 0.164 e. The van der Waals surface area contributed by atoms with Gasteiger partial charge in [0, 0.05) is 27.5 Å². The van der Waals surface area contributed by atoms with Crippen LogP contribution >= 0.6 is 0 Å². The van der Waals surface area contributed by atoms with Crippen molar-refractivity contribution in [2.45, 2.75) is 0 Å². The molecule has 228 valence electrons. The third-order valence-electron chi connectivity index (χ3n) is 9.49. The SMILES string of the molecule is c1ccc(-c2nc(-c3ccc4ccccc4c3)nc(-c3cccc4oc5cc(-c6ccc7c(ccc8ccccc87)c6)ccc5c34)n2)cc1. The number of aromatic nitrogens is 3. The van der Waals surface area contributed by atoms with Gasteiger partial charge in [-0.1, -0.05) is 133 Å². The molecule has 0 saturated carbocycles. The molecule has 2 aromatic heterocycles. The van der Waals surface area contributed by atoms with Gasteiger partial charge in [0.05, 0.1) is 0 Å². The predicted octanol–water partition coefficient (Wildman–Crippen LogP) is 11.9. The van der Waals surface area contributed by atoms with Crippen molar-refractivity contribution < 1.29 is 4.42 Å². The first-order valence-electron chi connectivity index (χ1n) is 16.4. The summed E-state index contributed by atoms with van der Waals surface area (Å²) in [5, 5.41) is 9.32. The second-order valence-corrected chi connectivity index (χ2v) is 12.4. The van der Waals surface area contributed by atoms with Gasteiger partial charge in [-0.15, -0.1) is 0 Å². The molecule has 0 aliphatic carbocycles. The van der Waals surface area contributed by atoms with Crippen LogP contribution in [-0.2, 0) is 0 Å². The summed E-state index contributed by atoms with van der Waals surface area (Å²) in [5.41, 5.74) is 6.66. The van der Waals surface area contributed by atoms with E-state index in [2.05, 4.69) is 121 Å². The minimum absolute atomic E-state index is 0.608. The van der Waals surface area contributed by atoms with Crippen LogP contribution in [0.15, 0.2) is 168 Å². The van der Waals surface area contributed by atoms with Crippen LogP contribution in [0.1, 0.15) is 0 Å². The molecule has 0 saturated heterocycles. The standard InChI is InChI=1S/C45H27N3O/c1-2-11-30(12-3-1)43-46-44(35-20-17-28-9-4-5-13-31(28)26-35)48-45(47-43)39-15-8-16-40-42(39)38-24-22-33(27-41(38)49-40)32-21-23-37-34(25-32)19-18-29-10-6-7-14-36(29)37/h1-27H. The highest BCUT2D eigenvalue weighted by atomic mass is 16.3. The fourth-order valence-electron chi connectivity index (χ4n) is 7.05. The normalized spacial score (nSPS) is 11.7. The Morgan fingerprint density at radius 1 is 0.327 bits per heavy atom. The largest absolute Gasteiger partial charge is 0.456 e. The zero-order valence-electron chi connectivity index (χ0n) is 26.3. The first-order chi connectivity index (χ1) is 24.2. The van der Waals surface area contributed by atoms with E-state index in [9.17, 15) is 0 Å². The maximum Gasteiger partial charge on any atom is 0.164 e. The van der Waals surface area contributed by atoms with Crippen LogP contribution in [0.3, 0.4) is 0 Å². The summed E-state index contributed by atoms with van der Waals surface area (Å²) >= 11 is 0. The van der Waals surface area contributed by atoms with Crippen molar-refractivity contribution in [3.05, 3.63) is 164 Å². The van der Waals surface area contributed by atoms with Crippen LogP contribution in [0.25, 0.3) is 99.5 Å². The summed E-state index contributed by atoms with van der Waals surface area (Å²) in [7, 11) is 0. The molecular formula is C45H27N3O. The summed E-state index contributed by atoms with van der Waals surface area (Å²) in [6, 6.07) is 57.0. The lowest BCUT2D eigenvalue weighted by molar-refractivity contribution is 0.669. The summed E-state index contributed by atoms with van der Waals surface area (Å²) in [6.45, 7) is 0. The fourth-order valence-corrected chi connectivity index (χ4v) is 7.05. The summed E-state index contributed by atoms with van der Waals surface area (Å²) in [4.78, 5) is 15.1. The van der Waals surface area contributed by atoms with Crippen LogP contribution in [0.5, 0.6) is 0 Å². The lowest BCUT2D eigenvalue weighted by Gasteiger charge is -2.10. The minimum Gasteiger partial charge on any atom is -0.456 e. The molecule has 4 nitrogen and oxygen atoms in total. The average Bonchev–Trinajstić information content (AvgIpc) is 3.56. The first-order valence-corrected chi connectivity index (χ1v) is 16.4. The van der Waals surface area contributed by atoms with Crippen molar-refractivity contribution >= 4 is 54.3 Å². The Bertz CT molecular complexity index is 2890. The molecule has 0 aliphatic heterocycles. The van der Waals surface area contributed by atoms with Gasteiger partial charge < -0.3 is 4.42 Å². The van der Waals surface area contributed by atoms with E-state index >= 15 is 0 Å². The van der Waals surface area contributed by atoms with Crippen LogP contribution in [0.2, 0.25) is 0 Å².